The molecule has 20 heavy (non-hydrogen) atoms. The lowest BCUT2D eigenvalue weighted by atomic mass is 10.2. The van der Waals surface area contributed by atoms with Gasteiger partial charge in [-0.1, -0.05) is 28.9 Å². The van der Waals surface area contributed by atoms with E-state index in [-0.39, 0.29) is 5.84 Å². The van der Waals surface area contributed by atoms with E-state index in [1.54, 1.807) is 12.3 Å². The quantitative estimate of drug-likeness (QED) is 0.394. The number of amidine groups is 1. The predicted molar refractivity (Wildman–Crippen MR) is 81.0 cm³/mol. The van der Waals surface area contributed by atoms with Gasteiger partial charge < -0.3 is 15.8 Å². The molecule has 0 unspecified atom stereocenters. The maximum Gasteiger partial charge on any atom is 0.171 e. The molecule has 0 aliphatic carbocycles. The summed E-state index contributed by atoms with van der Waals surface area (Å²) in [6.45, 7) is 2.01. The van der Waals surface area contributed by atoms with Gasteiger partial charge in [0.05, 0.1) is 5.02 Å². The van der Waals surface area contributed by atoms with Gasteiger partial charge in [0.1, 0.15) is 0 Å². The zero-order valence-electron chi connectivity index (χ0n) is 11.2. The van der Waals surface area contributed by atoms with Gasteiger partial charge in [-0.3, -0.25) is 0 Å². The summed E-state index contributed by atoms with van der Waals surface area (Å²) in [6.07, 6.45) is 1.57. The van der Waals surface area contributed by atoms with Crippen LogP contribution in [0.15, 0.2) is 41.7 Å². The van der Waals surface area contributed by atoms with E-state index in [2.05, 4.69) is 10.1 Å². The topological polar surface area (TPSA) is 74.7 Å². The van der Waals surface area contributed by atoms with Gasteiger partial charge in [-0.25, -0.2) is 4.98 Å². The number of benzene rings is 1. The monoisotopic (exact) mass is 290 g/mol. The van der Waals surface area contributed by atoms with Crippen LogP contribution in [0.4, 0.5) is 11.5 Å². The van der Waals surface area contributed by atoms with Gasteiger partial charge >= 0.3 is 0 Å². The number of rotatable bonds is 3. The van der Waals surface area contributed by atoms with Crippen molar-refractivity contribution < 1.29 is 5.21 Å². The third-order valence-electron chi connectivity index (χ3n) is 2.96. The third-order valence-corrected chi connectivity index (χ3v) is 3.33. The average molecular weight is 291 g/mol. The fourth-order valence-corrected chi connectivity index (χ4v) is 2.21. The number of hydrogen-bond donors (Lipinski definition) is 2. The van der Waals surface area contributed by atoms with Crippen molar-refractivity contribution in [1.82, 2.24) is 4.98 Å². The van der Waals surface area contributed by atoms with Crippen LogP contribution in [-0.4, -0.2) is 23.1 Å². The average Bonchev–Trinajstić information content (AvgIpc) is 2.46. The van der Waals surface area contributed by atoms with Crippen molar-refractivity contribution in [3.8, 4) is 0 Å². The summed E-state index contributed by atoms with van der Waals surface area (Å²) in [5.41, 5.74) is 8.13. The Morgan fingerprint density at radius 2 is 2.15 bits per heavy atom. The van der Waals surface area contributed by atoms with E-state index in [1.165, 1.54) is 0 Å². The molecular weight excluding hydrogens is 276 g/mol. The second-order valence-electron chi connectivity index (χ2n) is 4.38. The zero-order valence-corrected chi connectivity index (χ0v) is 12.0. The Kier molecular flexibility index (Phi) is 4.10. The molecule has 1 heterocycles. The molecule has 2 aromatic rings. The Hall–Kier alpha value is -2.27. The largest absolute Gasteiger partial charge is 0.409 e. The maximum absolute atomic E-state index is 8.77. The number of nitrogens with zero attached hydrogens (tertiary/aromatic N) is 3. The lowest BCUT2D eigenvalue weighted by Gasteiger charge is -2.20. The Bertz CT molecular complexity index is 657. The van der Waals surface area contributed by atoms with Crippen molar-refractivity contribution in [3.05, 3.63) is 52.7 Å². The Morgan fingerprint density at radius 1 is 1.40 bits per heavy atom. The molecule has 104 valence electrons. The lowest BCUT2D eigenvalue weighted by Crippen LogP contribution is -2.17. The van der Waals surface area contributed by atoms with Gasteiger partial charge in [0.25, 0.3) is 0 Å². The first-order valence-electron chi connectivity index (χ1n) is 5.97. The van der Waals surface area contributed by atoms with Crippen molar-refractivity contribution in [1.29, 1.82) is 0 Å². The fraction of sp³-hybridized carbons (Fsp3) is 0.143. The molecular formula is C14H15ClN4O. The maximum atomic E-state index is 8.77. The summed E-state index contributed by atoms with van der Waals surface area (Å²) >= 11 is 6.29. The number of nitrogens with two attached hydrogens (primary N) is 1. The summed E-state index contributed by atoms with van der Waals surface area (Å²) in [5, 5.41) is 12.1. The molecule has 3 N–H and O–H groups in total. The van der Waals surface area contributed by atoms with Gasteiger partial charge in [0.2, 0.25) is 0 Å². The molecule has 0 amide bonds. The van der Waals surface area contributed by atoms with Crippen molar-refractivity contribution in [2.45, 2.75) is 6.92 Å². The molecule has 5 nitrogen and oxygen atoms in total. The molecule has 0 aliphatic rings. The van der Waals surface area contributed by atoms with Gasteiger partial charge in [-0.15, -0.1) is 0 Å². The molecule has 0 fully saturated rings. The summed E-state index contributed by atoms with van der Waals surface area (Å²) in [5.74, 6) is 0.498. The number of pyridine rings is 1. The van der Waals surface area contributed by atoms with E-state index >= 15 is 0 Å². The molecule has 0 aliphatic heterocycles. The molecule has 2 rings (SSSR count). The number of hydrogen-bond acceptors (Lipinski definition) is 4. The molecule has 0 atom stereocenters. The number of aromatic nitrogens is 1. The van der Waals surface area contributed by atoms with Gasteiger partial charge in [-0.05, 0) is 30.7 Å². The third kappa shape index (κ3) is 2.67. The van der Waals surface area contributed by atoms with Crippen LogP contribution in [0.1, 0.15) is 11.1 Å². The van der Waals surface area contributed by atoms with Crippen LogP contribution < -0.4 is 10.6 Å². The van der Waals surface area contributed by atoms with Crippen molar-refractivity contribution >= 4 is 28.9 Å². The minimum absolute atomic E-state index is 0.0451. The summed E-state index contributed by atoms with van der Waals surface area (Å²) in [4.78, 5) is 6.11. The smallest absolute Gasteiger partial charge is 0.171 e. The molecule has 0 bridgehead atoms. The van der Waals surface area contributed by atoms with Crippen molar-refractivity contribution in [2.24, 2.45) is 10.9 Å². The Balaban J connectivity index is 2.48. The molecule has 0 saturated carbocycles. The number of oxime groups is 1. The van der Waals surface area contributed by atoms with Crippen LogP contribution in [0.5, 0.6) is 0 Å². The molecule has 6 heteroatoms. The standard InChI is InChI=1S/C14H15ClN4O/c1-9-4-3-5-10(8-9)19(2)14-12(15)11(6-7-17-14)13(16)18-20/h3-8,20H,1-2H3,(H2,16,18). The van der Waals surface area contributed by atoms with Crippen LogP contribution in [0.2, 0.25) is 5.02 Å². The van der Waals surface area contributed by atoms with Gasteiger partial charge in [0, 0.05) is 24.5 Å². The normalized spacial score (nSPS) is 11.4. The molecule has 0 saturated heterocycles. The number of anilines is 2. The highest BCUT2D eigenvalue weighted by molar-refractivity contribution is 6.36. The number of aryl methyl sites for hydroxylation is 1. The van der Waals surface area contributed by atoms with E-state index in [0.717, 1.165) is 11.3 Å². The van der Waals surface area contributed by atoms with Crippen LogP contribution in [0.3, 0.4) is 0 Å². The van der Waals surface area contributed by atoms with E-state index in [0.29, 0.717) is 16.4 Å². The second-order valence-corrected chi connectivity index (χ2v) is 4.76. The van der Waals surface area contributed by atoms with Crippen LogP contribution in [-0.2, 0) is 0 Å². The molecule has 0 spiro atoms. The molecule has 0 radical (unpaired) electrons. The van der Waals surface area contributed by atoms with Crippen molar-refractivity contribution in [3.63, 3.8) is 0 Å². The predicted octanol–water partition coefficient (Wildman–Crippen LogP) is 2.91. The minimum atomic E-state index is -0.0451. The van der Waals surface area contributed by atoms with Gasteiger partial charge in [0.15, 0.2) is 11.7 Å². The minimum Gasteiger partial charge on any atom is -0.409 e. The molecule has 1 aromatic heterocycles. The van der Waals surface area contributed by atoms with Crippen LogP contribution >= 0.6 is 11.6 Å². The second kappa shape index (κ2) is 5.79. The first kappa shape index (κ1) is 14.1. The lowest BCUT2D eigenvalue weighted by molar-refractivity contribution is 0.318. The highest BCUT2D eigenvalue weighted by Crippen LogP contribution is 2.31. The number of halogens is 1. The van der Waals surface area contributed by atoms with Crippen LogP contribution in [0.25, 0.3) is 0 Å². The Morgan fingerprint density at radius 3 is 2.80 bits per heavy atom. The van der Waals surface area contributed by atoms with Crippen molar-refractivity contribution in [2.75, 3.05) is 11.9 Å². The van der Waals surface area contributed by atoms with E-state index in [1.807, 2.05) is 43.1 Å². The first-order valence-corrected chi connectivity index (χ1v) is 6.35. The van der Waals surface area contributed by atoms with Gasteiger partial charge in [-0.2, -0.15) is 0 Å². The summed E-state index contributed by atoms with van der Waals surface area (Å²) in [6, 6.07) is 9.56. The highest BCUT2D eigenvalue weighted by Gasteiger charge is 2.15. The summed E-state index contributed by atoms with van der Waals surface area (Å²) < 4.78 is 0. The SMILES string of the molecule is Cc1cccc(N(C)c2nccc(/C(N)=N/O)c2Cl)c1. The zero-order chi connectivity index (χ0) is 14.7. The van der Waals surface area contributed by atoms with E-state index in [4.69, 9.17) is 22.5 Å². The van der Waals surface area contributed by atoms with E-state index < -0.39 is 0 Å². The van der Waals surface area contributed by atoms with E-state index in [9.17, 15) is 0 Å². The van der Waals surface area contributed by atoms with Crippen LogP contribution in [0, 0.1) is 6.92 Å². The molecule has 1 aromatic carbocycles. The Labute approximate surface area is 122 Å². The fourth-order valence-electron chi connectivity index (χ4n) is 1.88. The first-order chi connectivity index (χ1) is 9.54. The highest BCUT2D eigenvalue weighted by atomic mass is 35.5. The summed E-state index contributed by atoms with van der Waals surface area (Å²) in [7, 11) is 1.86.